The van der Waals surface area contributed by atoms with Crippen LogP contribution in [0.2, 0.25) is 0 Å². The summed E-state index contributed by atoms with van der Waals surface area (Å²) >= 11 is 0. The number of hydrogen-bond acceptors (Lipinski definition) is 4. The van der Waals surface area contributed by atoms with Gasteiger partial charge in [-0.05, 0) is 26.3 Å². The van der Waals surface area contributed by atoms with Gasteiger partial charge < -0.3 is 5.11 Å². The fourth-order valence-corrected chi connectivity index (χ4v) is 1.56. The number of nitrogens with zero attached hydrogens (tertiary/aromatic N) is 2. The van der Waals surface area contributed by atoms with Crippen LogP contribution in [0.1, 0.15) is 23.6 Å². The molecule has 0 aliphatic heterocycles. The Morgan fingerprint density at radius 2 is 1.93 bits per heavy atom. The quantitative estimate of drug-likeness (QED) is 0.767. The molecule has 0 bridgehead atoms. The van der Waals surface area contributed by atoms with Crippen LogP contribution in [-0.2, 0) is 13.1 Å². The molecule has 5 heteroatoms. The fraction of sp³-hybridized carbons (Fsp3) is 0.500. The molecular formula is C10H14N2O3. The number of pyridine rings is 1. The van der Waals surface area contributed by atoms with Crippen molar-refractivity contribution in [2.45, 2.75) is 33.9 Å². The first-order valence-corrected chi connectivity index (χ1v) is 4.75. The number of aromatic hydroxyl groups is 1. The molecule has 1 rings (SSSR count). The Labute approximate surface area is 87.3 Å². The van der Waals surface area contributed by atoms with Crippen LogP contribution in [-0.4, -0.2) is 9.67 Å². The minimum Gasteiger partial charge on any atom is -0.494 e. The van der Waals surface area contributed by atoms with Gasteiger partial charge in [-0.2, -0.15) is 4.91 Å². The van der Waals surface area contributed by atoms with E-state index < -0.39 is 0 Å². The molecule has 0 aromatic carbocycles. The molecule has 15 heavy (non-hydrogen) atoms. The molecule has 0 atom stereocenters. The SMILES string of the molecule is CCn1c(O)c(C)c(C)c(CN=O)c1=O. The zero-order valence-corrected chi connectivity index (χ0v) is 9.07. The third-order valence-corrected chi connectivity index (χ3v) is 2.65. The molecule has 0 aliphatic rings. The third-order valence-electron chi connectivity index (χ3n) is 2.65. The highest BCUT2D eigenvalue weighted by Crippen LogP contribution is 2.20. The zero-order chi connectivity index (χ0) is 11.6. The largest absolute Gasteiger partial charge is 0.494 e. The van der Waals surface area contributed by atoms with Crippen LogP contribution in [0.5, 0.6) is 5.88 Å². The summed E-state index contributed by atoms with van der Waals surface area (Å²) in [5, 5.41) is 12.4. The van der Waals surface area contributed by atoms with Crippen LogP contribution in [0.15, 0.2) is 9.97 Å². The van der Waals surface area contributed by atoms with E-state index in [0.29, 0.717) is 23.2 Å². The summed E-state index contributed by atoms with van der Waals surface area (Å²) < 4.78 is 1.24. The Balaban J connectivity index is 3.60. The van der Waals surface area contributed by atoms with Gasteiger partial charge in [0.2, 0.25) is 0 Å². The van der Waals surface area contributed by atoms with E-state index in [4.69, 9.17) is 0 Å². The van der Waals surface area contributed by atoms with Crippen molar-refractivity contribution in [2.75, 3.05) is 0 Å². The van der Waals surface area contributed by atoms with Gasteiger partial charge in [0, 0.05) is 17.7 Å². The van der Waals surface area contributed by atoms with Gasteiger partial charge in [-0.25, -0.2) is 0 Å². The minimum absolute atomic E-state index is 0.0327. The highest BCUT2D eigenvalue weighted by atomic mass is 16.3. The van der Waals surface area contributed by atoms with E-state index in [2.05, 4.69) is 5.18 Å². The average Bonchev–Trinajstić information content (AvgIpc) is 2.22. The molecular weight excluding hydrogens is 196 g/mol. The molecule has 1 aromatic rings. The Hall–Kier alpha value is -1.65. The molecule has 0 aliphatic carbocycles. The van der Waals surface area contributed by atoms with Crippen LogP contribution in [0, 0.1) is 18.8 Å². The van der Waals surface area contributed by atoms with Gasteiger partial charge in [-0.1, -0.05) is 5.18 Å². The van der Waals surface area contributed by atoms with Crippen LogP contribution >= 0.6 is 0 Å². The van der Waals surface area contributed by atoms with Crippen molar-refractivity contribution in [1.82, 2.24) is 4.57 Å². The summed E-state index contributed by atoms with van der Waals surface area (Å²) in [6.07, 6.45) is 0. The monoisotopic (exact) mass is 210 g/mol. The second-order valence-electron chi connectivity index (χ2n) is 3.39. The van der Waals surface area contributed by atoms with Crippen LogP contribution in [0.25, 0.3) is 0 Å². The van der Waals surface area contributed by atoms with Crippen molar-refractivity contribution >= 4 is 0 Å². The number of rotatable bonds is 3. The van der Waals surface area contributed by atoms with Gasteiger partial charge in [0.1, 0.15) is 6.54 Å². The van der Waals surface area contributed by atoms with E-state index in [1.54, 1.807) is 20.8 Å². The fourth-order valence-electron chi connectivity index (χ4n) is 1.56. The smallest absolute Gasteiger partial charge is 0.258 e. The van der Waals surface area contributed by atoms with Gasteiger partial charge in [-0.15, -0.1) is 0 Å². The summed E-state index contributed by atoms with van der Waals surface area (Å²) in [4.78, 5) is 22.0. The van der Waals surface area contributed by atoms with Gasteiger partial charge in [0.15, 0.2) is 5.88 Å². The molecule has 1 aromatic heterocycles. The molecule has 5 nitrogen and oxygen atoms in total. The third kappa shape index (κ3) is 1.77. The highest BCUT2D eigenvalue weighted by molar-refractivity contribution is 5.38. The molecule has 0 radical (unpaired) electrons. The lowest BCUT2D eigenvalue weighted by Crippen LogP contribution is -2.25. The molecule has 0 saturated carbocycles. The molecule has 1 N–H and O–H groups in total. The molecule has 0 saturated heterocycles. The maximum atomic E-state index is 11.8. The highest BCUT2D eigenvalue weighted by Gasteiger charge is 2.14. The maximum Gasteiger partial charge on any atom is 0.258 e. The molecule has 0 unspecified atom stereocenters. The molecule has 82 valence electrons. The standard InChI is InChI=1S/C10H14N2O3/c1-4-12-9(13)7(3)6(2)8(5-11-15)10(12)14/h13H,4-5H2,1-3H3. The Morgan fingerprint density at radius 1 is 1.33 bits per heavy atom. The van der Waals surface area contributed by atoms with E-state index in [1.807, 2.05) is 0 Å². The zero-order valence-electron chi connectivity index (χ0n) is 9.07. The van der Waals surface area contributed by atoms with E-state index in [9.17, 15) is 14.8 Å². The van der Waals surface area contributed by atoms with Crippen molar-refractivity contribution in [1.29, 1.82) is 0 Å². The van der Waals surface area contributed by atoms with Crippen LogP contribution in [0.4, 0.5) is 0 Å². The second-order valence-corrected chi connectivity index (χ2v) is 3.39. The number of hydrogen-bond donors (Lipinski definition) is 1. The lowest BCUT2D eigenvalue weighted by Gasteiger charge is -2.13. The van der Waals surface area contributed by atoms with Crippen molar-refractivity contribution in [3.63, 3.8) is 0 Å². The molecule has 0 amide bonds. The van der Waals surface area contributed by atoms with E-state index in [0.717, 1.165) is 0 Å². The number of aromatic nitrogens is 1. The minimum atomic E-state index is -0.335. The molecule has 0 spiro atoms. The van der Waals surface area contributed by atoms with Crippen molar-refractivity contribution in [3.8, 4) is 5.88 Å². The normalized spacial score (nSPS) is 10.3. The lowest BCUT2D eigenvalue weighted by molar-refractivity contribution is 0.405. The first-order chi connectivity index (χ1) is 7.04. The second kappa shape index (κ2) is 4.25. The average molecular weight is 210 g/mol. The Morgan fingerprint density at radius 3 is 2.40 bits per heavy atom. The summed E-state index contributed by atoms with van der Waals surface area (Å²) in [6, 6.07) is 0. The first kappa shape index (κ1) is 11.4. The van der Waals surface area contributed by atoms with Gasteiger partial charge in [-0.3, -0.25) is 9.36 Å². The first-order valence-electron chi connectivity index (χ1n) is 4.75. The Kier molecular flexibility index (Phi) is 3.24. The van der Waals surface area contributed by atoms with Crippen molar-refractivity contribution < 1.29 is 5.11 Å². The molecule has 1 heterocycles. The van der Waals surface area contributed by atoms with Gasteiger partial charge >= 0.3 is 0 Å². The predicted octanol–water partition coefficient (Wildman–Crippen LogP) is 1.46. The van der Waals surface area contributed by atoms with Crippen LogP contribution in [0.3, 0.4) is 0 Å². The number of nitroso groups, excluding NO2 is 1. The van der Waals surface area contributed by atoms with E-state index in [1.165, 1.54) is 4.57 Å². The summed E-state index contributed by atoms with van der Waals surface area (Å²) in [6.45, 7) is 5.40. The van der Waals surface area contributed by atoms with Crippen molar-refractivity contribution in [3.05, 3.63) is 32.0 Å². The van der Waals surface area contributed by atoms with Crippen LogP contribution < -0.4 is 5.56 Å². The van der Waals surface area contributed by atoms with Gasteiger partial charge in [0.05, 0.1) is 0 Å². The topological polar surface area (TPSA) is 71.7 Å². The summed E-state index contributed by atoms with van der Waals surface area (Å²) in [5.41, 5.74) is 1.29. The molecule has 0 fully saturated rings. The lowest BCUT2D eigenvalue weighted by atomic mass is 10.1. The maximum absolute atomic E-state index is 11.8. The van der Waals surface area contributed by atoms with Gasteiger partial charge in [0.25, 0.3) is 5.56 Å². The Bertz CT molecular complexity index is 449. The predicted molar refractivity (Wildman–Crippen MR) is 57.0 cm³/mol. The summed E-state index contributed by atoms with van der Waals surface area (Å²) in [7, 11) is 0. The summed E-state index contributed by atoms with van der Waals surface area (Å²) in [5.74, 6) is -0.0327. The van der Waals surface area contributed by atoms with E-state index >= 15 is 0 Å². The van der Waals surface area contributed by atoms with Crippen molar-refractivity contribution in [2.24, 2.45) is 5.18 Å². The van der Waals surface area contributed by atoms with E-state index in [-0.39, 0.29) is 18.0 Å².